The standard InChI is InChI=1S/C13H22N2O3S/c1-8-6-12(14)11(4)13(10(8)3)19(16,17)15-9(2)7-18-5/h6,9,15H,7,14H2,1-5H3. The van der Waals surface area contributed by atoms with Gasteiger partial charge in [-0.2, -0.15) is 0 Å². The fourth-order valence-electron chi connectivity index (χ4n) is 2.05. The molecule has 0 saturated carbocycles. The highest BCUT2D eigenvalue weighted by Gasteiger charge is 2.23. The van der Waals surface area contributed by atoms with Crippen molar-refractivity contribution in [3.8, 4) is 0 Å². The first-order valence-electron chi connectivity index (χ1n) is 6.08. The topological polar surface area (TPSA) is 81.4 Å². The Morgan fingerprint density at radius 3 is 2.42 bits per heavy atom. The van der Waals surface area contributed by atoms with Crippen molar-refractivity contribution in [2.45, 2.75) is 38.6 Å². The second-order valence-corrected chi connectivity index (χ2v) is 6.49. The molecule has 6 heteroatoms. The molecule has 1 unspecified atom stereocenters. The van der Waals surface area contributed by atoms with Crippen LogP contribution in [0, 0.1) is 20.8 Å². The van der Waals surface area contributed by atoms with Crippen molar-refractivity contribution in [1.82, 2.24) is 4.72 Å². The number of methoxy groups -OCH3 is 1. The van der Waals surface area contributed by atoms with Gasteiger partial charge in [-0.15, -0.1) is 0 Å². The van der Waals surface area contributed by atoms with E-state index in [9.17, 15) is 8.42 Å². The van der Waals surface area contributed by atoms with E-state index in [0.29, 0.717) is 17.9 Å². The van der Waals surface area contributed by atoms with Crippen molar-refractivity contribution in [2.24, 2.45) is 0 Å². The third-order valence-corrected chi connectivity index (χ3v) is 4.98. The lowest BCUT2D eigenvalue weighted by atomic mass is 10.1. The van der Waals surface area contributed by atoms with E-state index >= 15 is 0 Å². The summed E-state index contributed by atoms with van der Waals surface area (Å²) in [4.78, 5) is 0.271. The Labute approximate surface area is 115 Å². The quantitative estimate of drug-likeness (QED) is 0.804. The van der Waals surface area contributed by atoms with E-state index in [0.717, 1.165) is 11.1 Å². The van der Waals surface area contributed by atoms with Crippen LogP contribution in [0.2, 0.25) is 0 Å². The molecule has 5 nitrogen and oxygen atoms in total. The maximum atomic E-state index is 12.4. The van der Waals surface area contributed by atoms with Gasteiger partial charge in [0.15, 0.2) is 0 Å². The molecule has 0 heterocycles. The SMILES string of the molecule is COCC(C)NS(=O)(=O)c1c(C)c(C)cc(N)c1C. The molecular weight excluding hydrogens is 264 g/mol. The molecule has 0 fully saturated rings. The van der Waals surface area contributed by atoms with E-state index < -0.39 is 10.0 Å². The van der Waals surface area contributed by atoms with Crippen LogP contribution in [0.3, 0.4) is 0 Å². The Balaban J connectivity index is 3.29. The van der Waals surface area contributed by atoms with Crippen LogP contribution in [0.5, 0.6) is 0 Å². The van der Waals surface area contributed by atoms with Gasteiger partial charge in [0.25, 0.3) is 0 Å². The molecule has 1 atom stereocenters. The van der Waals surface area contributed by atoms with Gasteiger partial charge >= 0.3 is 0 Å². The average molecular weight is 286 g/mol. The smallest absolute Gasteiger partial charge is 0.241 e. The summed E-state index contributed by atoms with van der Waals surface area (Å²) in [5, 5.41) is 0. The van der Waals surface area contributed by atoms with E-state index in [1.54, 1.807) is 26.8 Å². The number of nitrogens with one attached hydrogen (secondary N) is 1. The van der Waals surface area contributed by atoms with Crippen LogP contribution in [0.1, 0.15) is 23.6 Å². The summed E-state index contributed by atoms with van der Waals surface area (Å²) in [7, 11) is -2.06. The molecule has 1 aromatic carbocycles. The minimum absolute atomic E-state index is 0.271. The summed E-state index contributed by atoms with van der Waals surface area (Å²) in [6.07, 6.45) is 0. The molecule has 1 aromatic rings. The third kappa shape index (κ3) is 3.46. The number of rotatable bonds is 5. The van der Waals surface area contributed by atoms with Gasteiger partial charge in [-0.25, -0.2) is 13.1 Å². The molecular formula is C13H22N2O3S. The minimum atomic E-state index is -3.60. The van der Waals surface area contributed by atoms with Crippen molar-refractivity contribution in [2.75, 3.05) is 19.5 Å². The predicted molar refractivity (Wildman–Crippen MR) is 76.7 cm³/mol. The lowest BCUT2D eigenvalue weighted by Gasteiger charge is -2.18. The molecule has 3 N–H and O–H groups in total. The predicted octanol–water partition coefficient (Wildman–Crippen LogP) is 1.51. The lowest BCUT2D eigenvalue weighted by molar-refractivity contribution is 0.180. The van der Waals surface area contributed by atoms with Crippen LogP contribution in [-0.4, -0.2) is 28.2 Å². The number of nitrogen functional groups attached to an aromatic ring is 1. The van der Waals surface area contributed by atoms with Crippen LogP contribution < -0.4 is 10.5 Å². The van der Waals surface area contributed by atoms with Crippen LogP contribution >= 0.6 is 0 Å². The van der Waals surface area contributed by atoms with Gasteiger partial charge in [-0.3, -0.25) is 0 Å². The van der Waals surface area contributed by atoms with E-state index in [2.05, 4.69) is 4.72 Å². The highest BCUT2D eigenvalue weighted by molar-refractivity contribution is 7.89. The summed E-state index contributed by atoms with van der Waals surface area (Å²) in [6.45, 7) is 7.43. The second kappa shape index (κ2) is 5.90. The number of aryl methyl sites for hydroxylation is 1. The van der Waals surface area contributed by atoms with Gasteiger partial charge in [0.1, 0.15) is 0 Å². The normalized spacial score (nSPS) is 13.5. The largest absolute Gasteiger partial charge is 0.398 e. The molecule has 19 heavy (non-hydrogen) atoms. The molecule has 0 spiro atoms. The summed E-state index contributed by atoms with van der Waals surface area (Å²) < 4.78 is 32.4. The fraction of sp³-hybridized carbons (Fsp3) is 0.538. The first kappa shape index (κ1) is 15.9. The molecule has 0 aromatic heterocycles. The van der Waals surface area contributed by atoms with Crippen LogP contribution in [0.25, 0.3) is 0 Å². The molecule has 1 rings (SSSR count). The van der Waals surface area contributed by atoms with Crippen LogP contribution in [0.4, 0.5) is 5.69 Å². The van der Waals surface area contributed by atoms with E-state index in [1.165, 1.54) is 7.11 Å². The molecule has 108 valence electrons. The van der Waals surface area contributed by atoms with Crippen molar-refractivity contribution in [1.29, 1.82) is 0 Å². The first-order chi connectivity index (χ1) is 8.70. The van der Waals surface area contributed by atoms with Gasteiger partial charge in [-0.1, -0.05) is 0 Å². The molecule has 0 aliphatic carbocycles. The van der Waals surface area contributed by atoms with Gasteiger partial charge in [0.2, 0.25) is 10.0 Å². The second-order valence-electron chi connectivity index (χ2n) is 4.84. The maximum Gasteiger partial charge on any atom is 0.241 e. The minimum Gasteiger partial charge on any atom is -0.398 e. The number of hydrogen-bond acceptors (Lipinski definition) is 4. The van der Waals surface area contributed by atoms with Gasteiger partial charge in [0, 0.05) is 18.8 Å². The van der Waals surface area contributed by atoms with E-state index in [1.807, 2.05) is 6.92 Å². The van der Waals surface area contributed by atoms with Gasteiger partial charge in [-0.05, 0) is 50.5 Å². The summed E-state index contributed by atoms with van der Waals surface area (Å²) >= 11 is 0. The van der Waals surface area contributed by atoms with Crippen molar-refractivity contribution in [3.05, 3.63) is 22.8 Å². The van der Waals surface area contributed by atoms with E-state index in [4.69, 9.17) is 10.5 Å². The maximum absolute atomic E-state index is 12.4. The zero-order valence-corrected chi connectivity index (χ0v) is 12.9. The van der Waals surface area contributed by atoms with Crippen molar-refractivity contribution < 1.29 is 13.2 Å². The number of hydrogen-bond donors (Lipinski definition) is 2. The molecule has 0 radical (unpaired) electrons. The number of nitrogens with two attached hydrogens (primary N) is 1. The van der Waals surface area contributed by atoms with Crippen LogP contribution in [-0.2, 0) is 14.8 Å². The summed E-state index contributed by atoms with van der Waals surface area (Å²) in [5.74, 6) is 0. The molecule has 0 amide bonds. The Morgan fingerprint density at radius 1 is 1.32 bits per heavy atom. The monoisotopic (exact) mass is 286 g/mol. The zero-order chi connectivity index (χ0) is 14.8. The Hall–Kier alpha value is -1.11. The fourth-order valence-corrected chi connectivity index (χ4v) is 3.85. The Morgan fingerprint density at radius 2 is 1.89 bits per heavy atom. The Kier molecular flexibility index (Phi) is 4.95. The number of anilines is 1. The van der Waals surface area contributed by atoms with Gasteiger partial charge in [0.05, 0.1) is 11.5 Å². The average Bonchev–Trinajstić information content (AvgIpc) is 2.25. The van der Waals surface area contributed by atoms with Crippen molar-refractivity contribution >= 4 is 15.7 Å². The molecule has 0 aliphatic heterocycles. The lowest BCUT2D eigenvalue weighted by Crippen LogP contribution is -2.36. The number of sulfonamides is 1. The van der Waals surface area contributed by atoms with E-state index in [-0.39, 0.29) is 10.9 Å². The number of benzene rings is 1. The van der Waals surface area contributed by atoms with Crippen LogP contribution in [0.15, 0.2) is 11.0 Å². The summed E-state index contributed by atoms with van der Waals surface area (Å²) in [5.41, 5.74) is 8.52. The first-order valence-corrected chi connectivity index (χ1v) is 7.56. The number of ether oxygens (including phenoxy) is 1. The summed E-state index contributed by atoms with van der Waals surface area (Å²) in [6, 6.07) is 1.50. The zero-order valence-electron chi connectivity index (χ0n) is 12.1. The molecule has 0 bridgehead atoms. The molecule has 0 aliphatic rings. The molecule has 0 saturated heterocycles. The highest BCUT2D eigenvalue weighted by Crippen LogP contribution is 2.27. The van der Waals surface area contributed by atoms with Gasteiger partial charge < -0.3 is 10.5 Å². The highest BCUT2D eigenvalue weighted by atomic mass is 32.2. The van der Waals surface area contributed by atoms with Crippen molar-refractivity contribution in [3.63, 3.8) is 0 Å². The Bertz CT molecular complexity index is 541. The third-order valence-electron chi connectivity index (χ3n) is 3.12.